The van der Waals surface area contributed by atoms with Crippen LogP contribution in [-0.2, 0) is 22.6 Å². The van der Waals surface area contributed by atoms with Crippen molar-refractivity contribution in [2.24, 2.45) is 5.92 Å². The van der Waals surface area contributed by atoms with Crippen molar-refractivity contribution >= 4 is 11.8 Å². The molecule has 1 N–H and O–H groups in total. The summed E-state index contributed by atoms with van der Waals surface area (Å²) in [5.41, 5.74) is 2.00. The van der Waals surface area contributed by atoms with Crippen molar-refractivity contribution in [3.05, 3.63) is 29.6 Å². The minimum absolute atomic E-state index is 0.0454. The Morgan fingerprint density at radius 3 is 2.85 bits per heavy atom. The lowest BCUT2D eigenvalue weighted by Gasteiger charge is -2.37. The first-order valence-corrected chi connectivity index (χ1v) is 7.04. The van der Waals surface area contributed by atoms with E-state index in [0.29, 0.717) is 6.54 Å². The molecule has 1 aromatic heterocycles. The lowest BCUT2D eigenvalue weighted by Crippen LogP contribution is -2.59. The van der Waals surface area contributed by atoms with E-state index in [-0.39, 0.29) is 24.3 Å². The number of nitrogens with one attached hydrogen (secondary N) is 1. The Kier molecular flexibility index (Phi) is 4.37. The number of aromatic nitrogens is 1. The van der Waals surface area contributed by atoms with E-state index in [0.717, 1.165) is 17.7 Å². The molecule has 0 saturated carbocycles. The van der Waals surface area contributed by atoms with Gasteiger partial charge in [-0.15, -0.1) is 0 Å². The predicted octanol–water partition coefficient (Wildman–Crippen LogP) is 1.13. The van der Waals surface area contributed by atoms with Gasteiger partial charge in [0.2, 0.25) is 11.8 Å². The van der Waals surface area contributed by atoms with Crippen molar-refractivity contribution in [3.8, 4) is 0 Å². The Labute approximate surface area is 119 Å². The summed E-state index contributed by atoms with van der Waals surface area (Å²) in [7, 11) is 0. The molecule has 2 rings (SSSR count). The molecule has 5 nitrogen and oxygen atoms in total. The molecule has 1 aliphatic rings. The van der Waals surface area contributed by atoms with Crippen LogP contribution in [0.4, 0.5) is 0 Å². The van der Waals surface area contributed by atoms with E-state index >= 15 is 0 Å². The lowest BCUT2D eigenvalue weighted by atomic mass is 9.98. The fourth-order valence-corrected chi connectivity index (χ4v) is 2.61. The van der Waals surface area contributed by atoms with Crippen LogP contribution in [0.3, 0.4) is 0 Å². The summed E-state index contributed by atoms with van der Waals surface area (Å²) in [6.45, 7) is 6.45. The summed E-state index contributed by atoms with van der Waals surface area (Å²) in [6.07, 6.45) is 2.59. The van der Waals surface area contributed by atoms with Crippen LogP contribution in [0.25, 0.3) is 0 Å². The van der Waals surface area contributed by atoms with Crippen LogP contribution >= 0.6 is 0 Å². The normalized spacial score (nSPS) is 19.4. The summed E-state index contributed by atoms with van der Waals surface area (Å²) in [4.78, 5) is 30.2. The smallest absolute Gasteiger partial charge is 0.243 e. The number of rotatable bonds is 4. The van der Waals surface area contributed by atoms with E-state index in [9.17, 15) is 9.59 Å². The maximum atomic E-state index is 12.1. The third kappa shape index (κ3) is 2.81. The molecule has 2 heterocycles. The van der Waals surface area contributed by atoms with Crippen molar-refractivity contribution in [1.29, 1.82) is 0 Å². The predicted molar refractivity (Wildman–Crippen MR) is 75.8 cm³/mol. The average Bonchev–Trinajstić information content (AvgIpc) is 2.43. The zero-order valence-corrected chi connectivity index (χ0v) is 12.2. The minimum Gasteiger partial charge on any atom is -0.345 e. The van der Waals surface area contributed by atoms with Gasteiger partial charge < -0.3 is 10.2 Å². The van der Waals surface area contributed by atoms with Crippen LogP contribution in [0.1, 0.15) is 32.0 Å². The summed E-state index contributed by atoms with van der Waals surface area (Å²) in [5.74, 6) is -0.0439. The van der Waals surface area contributed by atoms with Gasteiger partial charge in [-0.1, -0.05) is 26.8 Å². The van der Waals surface area contributed by atoms with E-state index in [1.807, 2.05) is 26.0 Å². The molecule has 0 bridgehead atoms. The fraction of sp³-hybridized carbons (Fsp3) is 0.533. The molecule has 5 heteroatoms. The molecule has 1 aliphatic heterocycles. The number of hydrogen-bond donors (Lipinski definition) is 1. The first-order valence-electron chi connectivity index (χ1n) is 7.04. The molecule has 0 aromatic carbocycles. The Bertz CT molecular complexity index is 514. The van der Waals surface area contributed by atoms with E-state index < -0.39 is 6.04 Å². The fourth-order valence-electron chi connectivity index (χ4n) is 2.61. The molecule has 1 fully saturated rings. The molecule has 1 saturated heterocycles. The molecule has 108 valence electrons. The SMILES string of the molecule is CCc1cccnc1CN1C(=O)CNC(=O)C1C(C)C. The molecule has 1 aromatic rings. The van der Waals surface area contributed by atoms with Crippen LogP contribution in [0.15, 0.2) is 18.3 Å². The second-order valence-electron chi connectivity index (χ2n) is 5.39. The Balaban J connectivity index is 2.28. The maximum absolute atomic E-state index is 12.1. The zero-order valence-electron chi connectivity index (χ0n) is 12.2. The molecule has 0 aliphatic carbocycles. The highest BCUT2D eigenvalue weighted by molar-refractivity contribution is 5.94. The summed E-state index contributed by atoms with van der Waals surface area (Å²) >= 11 is 0. The van der Waals surface area contributed by atoms with E-state index in [1.165, 1.54) is 0 Å². The summed E-state index contributed by atoms with van der Waals surface area (Å²) < 4.78 is 0. The molecule has 2 amide bonds. The van der Waals surface area contributed by atoms with E-state index in [4.69, 9.17) is 0 Å². The van der Waals surface area contributed by atoms with Crippen LogP contribution in [-0.4, -0.2) is 34.3 Å². The monoisotopic (exact) mass is 275 g/mol. The van der Waals surface area contributed by atoms with Gasteiger partial charge in [-0.25, -0.2) is 0 Å². The lowest BCUT2D eigenvalue weighted by molar-refractivity contribution is -0.148. The van der Waals surface area contributed by atoms with E-state index in [1.54, 1.807) is 11.1 Å². The van der Waals surface area contributed by atoms with Gasteiger partial charge in [-0.3, -0.25) is 14.6 Å². The number of hydrogen-bond acceptors (Lipinski definition) is 3. The first kappa shape index (κ1) is 14.5. The van der Waals surface area contributed by atoms with Gasteiger partial charge in [0.05, 0.1) is 18.8 Å². The second-order valence-corrected chi connectivity index (χ2v) is 5.39. The number of carbonyl (C=O) groups is 2. The van der Waals surface area contributed by atoms with Crippen molar-refractivity contribution in [1.82, 2.24) is 15.2 Å². The largest absolute Gasteiger partial charge is 0.345 e. The third-order valence-corrected chi connectivity index (χ3v) is 3.66. The minimum atomic E-state index is -0.414. The molecule has 1 atom stereocenters. The zero-order chi connectivity index (χ0) is 14.7. The highest BCUT2D eigenvalue weighted by Crippen LogP contribution is 2.19. The Morgan fingerprint density at radius 1 is 1.45 bits per heavy atom. The standard InChI is InChI=1S/C15H21N3O2/c1-4-11-6-5-7-16-12(11)9-18-13(19)8-17-15(20)14(18)10(2)3/h5-7,10,14H,4,8-9H2,1-3H3,(H,17,20). The number of pyridine rings is 1. The van der Waals surface area contributed by atoms with Crippen molar-refractivity contribution in [2.45, 2.75) is 39.8 Å². The number of aryl methyl sites for hydroxylation is 1. The quantitative estimate of drug-likeness (QED) is 0.896. The number of amides is 2. The molecule has 1 unspecified atom stereocenters. The summed E-state index contributed by atoms with van der Waals surface area (Å²) in [6, 6.07) is 3.50. The van der Waals surface area contributed by atoms with Crippen LogP contribution in [0.2, 0.25) is 0 Å². The molecule has 0 spiro atoms. The van der Waals surface area contributed by atoms with Gasteiger partial charge in [0, 0.05) is 6.20 Å². The third-order valence-electron chi connectivity index (χ3n) is 3.66. The maximum Gasteiger partial charge on any atom is 0.243 e. The highest BCUT2D eigenvalue weighted by Gasteiger charge is 2.36. The molecular weight excluding hydrogens is 254 g/mol. The van der Waals surface area contributed by atoms with Gasteiger partial charge in [-0.2, -0.15) is 0 Å². The van der Waals surface area contributed by atoms with Gasteiger partial charge in [0.15, 0.2) is 0 Å². The van der Waals surface area contributed by atoms with Gasteiger partial charge in [0.1, 0.15) is 6.04 Å². The van der Waals surface area contributed by atoms with Gasteiger partial charge in [0.25, 0.3) is 0 Å². The average molecular weight is 275 g/mol. The molecular formula is C15H21N3O2. The van der Waals surface area contributed by atoms with E-state index in [2.05, 4.69) is 17.2 Å². The van der Waals surface area contributed by atoms with Gasteiger partial charge >= 0.3 is 0 Å². The van der Waals surface area contributed by atoms with Crippen molar-refractivity contribution < 1.29 is 9.59 Å². The first-order chi connectivity index (χ1) is 9.54. The Hall–Kier alpha value is -1.91. The number of carbonyl (C=O) groups excluding carboxylic acids is 2. The number of piperazine rings is 1. The van der Waals surface area contributed by atoms with Gasteiger partial charge in [-0.05, 0) is 24.0 Å². The van der Waals surface area contributed by atoms with Crippen LogP contribution < -0.4 is 5.32 Å². The molecule has 0 radical (unpaired) electrons. The topological polar surface area (TPSA) is 62.3 Å². The summed E-state index contributed by atoms with van der Waals surface area (Å²) in [5, 5.41) is 2.66. The van der Waals surface area contributed by atoms with Crippen molar-refractivity contribution in [2.75, 3.05) is 6.54 Å². The van der Waals surface area contributed by atoms with Crippen LogP contribution in [0.5, 0.6) is 0 Å². The van der Waals surface area contributed by atoms with Crippen molar-refractivity contribution in [3.63, 3.8) is 0 Å². The van der Waals surface area contributed by atoms with Crippen LogP contribution in [0, 0.1) is 5.92 Å². The second kappa shape index (κ2) is 6.03. The number of nitrogens with zero attached hydrogens (tertiary/aromatic N) is 2. The molecule has 20 heavy (non-hydrogen) atoms. The Morgan fingerprint density at radius 2 is 2.20 bits per heavy atom. The highest BCUT2D eigenvalue weighted by atomic mass is 16.2.